The van der Waals surface area contributed by atoms with Crippen molar-refractivity contribution in [3.05, 3.63) is 107 Å². The number of nitrogens with zero attached hydrogens (tertiary/aromatic N) is 2. The van der Waals surface area contributed by atoms with E-state index < -0.39 is 5.91 Å². The molecule has 0 aliphatic heterocycles. The van der Waals surface area contributed by atoms with Crippen molar-refractivity contribution >= 4 is 28.6 Å². The van der Waals surface area contributed by atoms with Crippen molar-refractivity contribution < 1.29 is 4.79 Å². The Labute approximate surface area is 182 Å². The van der Waals surface area contributed by atoms with Gasteiger partial charge in [-0.3, -0.25) is 4.79 Å². The van der Waals surface area contributed by atoms with Crippen LogP contribution >= 0.6 is 0 Å². The number of nitriles is 1. The predicted molar refractivity (Wildman–Crippen MR) is 126 cm³/mol. The summed E-state index contributed by atoms with van der Waals surface area (Å²) in [6.45, 7) is 4.77. The molecule has 4 heteroatoms. The Morgan fingerprint density at radius 2 is 1.61 bits per heavy atom. The Kier molecular flexibility index (Phi) is 5.68. The first-order valence-corrected chi connectivity index (χ1v) is 10.2. The first-order valence-electron chi connectivity index (χ1n) is 10.2. The van der Waals surface area contributed by atoms with Gasteiger partial charge in [-0.15, -0.1) is 0 Å². The van der Waals surface area contributed by atoms with E-state index in [1.165, 1.54) is 11.1 Å². The van der Waals surface area contributed by atoms with Gasteiger partial charge in [-0.25, -0.2) is 0 Å². The third kappa shape index (κ3) is 4.57. The molecular weight excluding hydrogens is 382 g/mol. The molecule has 0 atom stereocenters. The monoisotopic (exact) mass is 405 g/mol. The van der Waals surface area contributed by atoms with Gasteiger partial charge in [0.1, 0.15) is 11.6 Å². The van der Waals surface area contributed by atoms with Crippen molar-refractivity contribution in [3.8, 4) is 6.07 Å². The summed E-state index contributed by atoms with van der Waals surface area (Å²) >= 11 is 0. The first kappa shape index (κ1) is 20.2. The number of benzene rings is 3. The van der Waals surface area contributed by atoms with Crippen LogP contribution in [0.5, 0.6) is 0 Å². The molecule has 0 aliphatic carbocycles. The summed E-state index contributed by atoms with van der Waals surface area (Å²) in [6.07, 6.45) is 3.67. The van der Waals surface area contributed by atoms with E-state index in [0.29, 0.717) is 12.2 Å². The Bertz CT molecular complexity index is 1300. The molecule has 3 aromatic carbocycles. The van der Waals surface area contributed by atoms with E-state index >= 15 is 0 Å². The fourth-order valence-corrected chi connectivity index (χ4v) is 3.55. The minimum Gasteiger partial charge on any atom is -0.342 e. The molecule has 0 bridgehead atoms. The van der Waals surface area contributed by atoms with Crippen LogP contribution in [0.25, 0.3) is 17.0 Å². The maximum Gasteiger partial charge on any atom is 0.266 e. The van der Waals surface area contributed by atoms with E-state index in [1.807, 2.05) is 55.6 Å². The average Bonchev–Trinajstić information content (AvgIpc) is 3.12. The van der Waals surface area contributed by atoms with Crippen LogP contribution in [-0.2, 0) is 11.3 Å². The number of anilines is 1. The molecule has 0 saturated heterocycles. The summed E-state index contributed by atoms with van der Waals surface area (Å²) in [5.74, 6) is -0.415. The van der Waals surface area contributed by atoms with Gasteiger partial charge in [0.25, 0.3) is 5.91 Å². The highest BCUT2D eigenvalue weighted by Crippen LogP contribution is 2.25. The average molecular weight is 406 g/mol. The zero-order chi connectivity index (χ0) is 21.8. The topological polar surface area (TPSA) is 57.8 Å². The minimum atomic E-state index is -0.415. The summed E-state index contributed by atoms with van der Waals surface area (Å²) < 4.78 is 2.15. The van der Waals surface area contributed by atoms with E-state index in [-0.39, 0.29) is 5.57 Å². The standard InChI is InChI=1S/C27H23N3O/c1-19-7-11-21(12-8-19)17-30-18-23(25-5-3-4-6-26(25)30)15-22(16-28)27(31)29-24-13-9-20(2)10-14-24/h3-15,18H,17H2,1-2H3,(H,29,31)/b22-15+. The number of amides is 1. The number of aryl methyl sites for hydroxylation is 2. The Morgan fingerprint density at radius 3 is 2.29 bits per heavy atom. The van der Waals surface area contributed by atoms with Crippen LogP contribution in [-0.4, -0.2) is 10.5 Å². The molecule has 4 nitrogen and oxygen atoms in total. The van der Waals surface area contributed by atoms with Crippen molar-refractivity contribution in [2.24, 2.45) is 0 Å². The lowest BCUT2D eigenvalue weighted by molar-refractivity contribution is -0.112. The van der Waals surface area contributed by atoms with Gasteiger partial charge in [-0.2, -0.15) is 5.26 Å². The molecule has 0 unspecified atom stereocenters. The van der Waals surface area contributed by atoms with E-state index in [0.717, 1.165) is 22.0 Å². The van der Waals surface area contributed by atoms with Crippen LogP contribution in [0.15, 0.2) is 84.6 Å². The molecule has 0 aliphatic rings. The van der Waals surface area contributed by atoms with Gasteiger partial charge in [0.2, 0.25) is 0 Å². The van der Waals surface area contributed by atoms with Gasteiger partial charge in [0.15, 0.2) is 0 Å². The molecule has 152 valence electrons. The number of rotatable bonds is 5. The van der Waals surface area contributed by atoms with Crippen molar-refractivity contribution in [3.63, 3.8) is 0 Å². The van der Waals surface area contributed by atoms with Gasteiger partial charge in [0.05, 0.1) is 0 Å². The smallest absolute Gasteiger partial charge is 0.266 e. The number of carbonyl (C=O) groups excluding carboxylic acids is 1. The number of aromatic nitrogens is 1. The number of para-hydroxylation sites is 1. The van der Waals surface area contributed by atoms with Gasteiger partial charge < -0.3 is 9.88 Å². The number of hydrogen-bond acceptors (Lipinski definition) is 2. The second-order valence-electron chi connectivity index (χ2n) is 7.71. The van der Waals surface area contributed by atoms with Crippen LogP contribution in [0.4, 0.5) is 5.69 Å². The molecule has 1 heterocycles. The Morgan fingerprint density at radius 1 is 0.968 bits per heavy atom. The molecule has 0 saturated carbocycles. The van der Waals surface area contributed by atoms with Gasteiger partial charge in [-0.05, 0) is 43.7 Å². The Hall–Kier alpha value is -4.10. The van der Waals surface area contributed by atoms with E-state index in [9.17, 15) is 10.1 Å². The van der Waals surface area contributed by atoms with Crippen LogP contribution in [0.1, 0.15) is 22.3 Å². The highest BCUT2D eigenvalue weighted by atomic mass is 16.1. The highest BCUT2D eigenvalue weighted by molar-refractivity contribution is 6.10. The molecule has 1 amide bonds. The Balaban J connectivity index is 1.66. The largest absolute Gasteiger partial charge is 0.342 e. The predicted octanol–water partition coefficient (Wildman–Crippen LogP) is 5.85. The summed E-state index contributed by atoms with van der Waals surface area (Å²) in [5.41, 5.74) is 6.17. The second kappa shape index (κ2) is 8.73. The van der Waals surface area contributed by atoms with Crippen LogP contribution < -0.4 is 5.32 Å². The van der Waals surface area contributed by atoms with E-state index in [2.05, 4.69) is 53.2 Å². The van der Waals surface area contributed by atoms with Crippen LogP contribution in [0.2, 0.25) is 0 Å². The number of nitrogens with one attached hydrogen (secondary N) is 1. The number of hydrogen-bond donors (Lipinski definition) is 1. The number of fused-ring (bicyclic) bond motifs is 1. The molecule has 31 heavy (non-hydrogen) atoms. The fourth-order valence-electron chi connectivity index (χ4n) is 3.55. The van der Waals surface area contributed by atoms with Crippen molar-refractivity contribution in [1.29, 1.82) is 5.26 Å². The SMILES string of the molecule is Cc1ccc(Cn2cc(/C=C(\C#N)C(=O)Nc3ccc(C)cc3)c3ccccc32)cc1. The first-order chi connectivity index (χ1) is 15.0. The van der Waals surface area contributed by atoms with Crippen LogP contribution in [0, 0.1) is 25.2 Å². The summed E-state index contributed by atoms with van der Waals surface area (Å²) in [6, 6.07) is 26.0. The molecule has 0 fully saturated rings. The lowest BCUT2D eigenvalue weighted by Gasteiger charge is -2.06. The zero-order valence-electron chi connectivity index (χ0n) is 17.6. The quantitative estimate of drug-likeness (QED) is 0.334. The molecule has 4 aromatic rings. The summed E-state index contributed by atoms with van der Waals surface area (Å²) in [5, 5.41) is 13.4. The zero-order valence-corrected chi connectivity index (χ0v) is 17.6. The maximum atomic E-state index is 12.7. The summed E-state index contributed by atoms with van der Waals surface area (Å²) in [4.78, 5) is 12.7. The molecule has 1 aromatic heterocycles. The van der Waals surface area contributed by atoms with Gasteiger partial charge >= 0.3 is 0 Å². The lowest BCUT2D eigenvalue weighted by atomic mass is 10.1. The number of carbonyl (C=O) groups is 1. The minimum absolute atomic E-state index is 0.0683. The third-order valence-electron chi connectivity index (χ3n) is 5.27. The van der Waals surface area contributed by atoms with Crippen molar-refractivity contribution in [2.75, 3.05) is 5.32 Å². The molecular formula is C27H23N3O. The maximum absolute atomic E-state index is 12.7. The van der Waals surface area contributed by atoms with E-state index in [4.69, 9.17) is 0 Å². The highest BCUT2D eigenvalue weighted by Gasteiger charge is 2.13. The molecule has 4 rings (SSSR count). The van der Waals surface area contributed by atoms with Crippen molar-refractivity contribution in [2.45, 2.75) is 20.4 Å². The van der Waals surface area contributed by atoms with Gasteiger partial charge in [0, 0.05) is 34.9 Å². The van der Waals surface area contributed by atoms with E-state index in [1.54, 1.807) is 6.08 Å². The third-order valence-corrected chi connectivity index (χ3v) is 5.27. The fraction of sp³-hybridized carbons (Fsp3) is 0.111. The van der Waals surface area contributed by atoms with Crippen molar-refractivity contribution in [1.82, 2.24) is 4.57 Å². The summed E-state index contributed by atoms with van der Waals surface area (Å²) in [7, 11) is 0. The lowest BCUT2D eigenvalue weighted by Crippen LogP contribution is -2.13. The normalized spacial score (nSPS) is 11.3. The van der Waals surface area contributed by atoms with Crippen LogP contribution in [0.3, 0.4) is 0 Å². The molecule has 0 spiro atoms. The second-order valence-corrected chi connectivity index (χ2v) is 7.71. The molecule has 0 radical (unpaired) electrons. The molecule has 1 N–H and O–H groups in total. The van der Waals surface area contributed by atoms with Gasteiger partial charge in [-0.1, -0.05) is 65.7 Å².